The Kier molecular flexibility index (Phi) is 3.83. The number of rotatable bonds is 3. The maximum absolute atomic E-state index is 6.01. The van der Waals surface area contributed by atoms with E-state index in [-0.39, 0.29) is 0 Å². The molecule has 1 rings (SSSR count). The molecule has 0 amide bonds. The molecule has 1 radical (unpaired) electrons. The van der Waals surface area contributed by atoms with Gasteiger partial charge in [-0.2, -0.15) is 0 Å². The maximum Gasteiger partial charge on any atom is 0.0624 e. The smallest absolute Gasteiger partial charge is 0.0624 e. The Morgan fingerprint density at radius 3 is 2.77 bits per heavy atom. The van der Waals surface area contributed by atoms with Gasteiger partial charge in [0, 0.05) is 0 Å². The SMILES string of the molecule is C=C[C](C)Cc1cccc(Cl)c1Cl. The van der Waals surface area contributed by atoms with Crippen molar-refractivity contribution in [2.45, 2.75) is 13.3 Å². The fourth-order valence-electron chi connectivity index (χ4n) is 1.06. The van der Waals surface area contributed by atoms with E-state index in [0.717, 1.165) is 12.0 Å². The van der Waals surface area contributed by atoms with Crippen molar-refractivity contribution in [1.82, 2.24) is 0 Å². The highest BCUT2D eigenvalue weighted by atomic mass is 35.5. The minimum atomic E-state index is 0.607. The van der Waals surface area contributed by atoms with Gasteiger partial charge in [-0.05, 0) is 24.0 Å². The van der Waals surface area contributed by atoms with E-state index in [2.05, 4.69) is 6.58 Å². The Bertz CT molecular complexity index is 305. The molecule has 13 heavy (non-hydrogen) atoms. The molecule has 1 aromatic rings. The van der Waals surface area contributed by atoms with Gasteiger partial charge in [0.1, 0.15) is 0 Å². The molecular weight excluding hydrogens is 203 g/mol. The van der Waals surface area contributed by atoms with Crippen LogP contribution in [0.3, 0.4) is 0 Å². The largest absolute Gasteiger partial charge is 0.102 e. The molecule has 0 aromatic heterocycles. The fraction of sp³-hybridized carbons (Fsp3) is 0.182. The summed E-state index contributed by atoms with van der Waals surface area (Å²) in [4.78, 5) is 0. The van der Waals surface area contributed by atoms with Gasteiger partial charge in [0.2, 0.25) is 0 Å². The minimum absolute atomic E-state index is 0.607. The number of halogens is 2. The van der Waals surface area contributed by atoms with E-state index < -0.39 is 0 Å². The molecule has 0 spiro atoms. The highest BCUT2D eigenvalue weighted by Crippen LogP contribution is 2.27. The summed E-state index contributed by atoms with van der Waals surface area (Å²) in [7, 11) is 0. The van der Waals surface area contributed by atoms with Crippen LogP contribution in [-0.4, -0.2) is 0 Å². The molecule has 0 N–H and O–H groups in total. The molecular formula is C11H11Cl2. The van der Waals surface area contributed by atoms with Gasteiger partial charge < -0.3 is 0 Å². The van der Waals surface area contributed by atoms with E-state index in [1.165, 1.54) is 5.92 Å². The molecule has 0 aliphatic heterocycles. The van der Waals surface area contributed by atoms with E-state index in [1.54, 1.807) is 6.07 Å². The van der Waals surface area contributed by atoms with Crippen molar-refractivity contribution >= 4 is 23.2 Å². The van der Waals surface area contributed by atoms with Gasteiger partial charge in [-0.15, -0.1) is 6.58 Å². The molecule has 0 saturated carbocycles. The van der Waals surface area contributed by atoms with Crippen LogP contribution in [0.2, 0.25) is 10.0 Å². The Hall–Kier alpha value is -0.460. The standard InChI is InChI=1S/C11H11Cl2/c1-3-8(2)7-9-5-4-6-10(12)11(9)13/h3-6H,1,7H2,2H3. The third-order valence-electron chi connectivity index (χ3n) is 1.85. The van der Waals surface area contributed by atoms with Gasteiger partial charge >= 0.3 is 0 Å². The lowest BCUT2D eigenvalue weighted by atomic mass is 10.0. The Labute approximate surface area is 89.2 Å². The Morgan fingerprint density at radius 2 is 2.15 bits per heavy atom. The average molecular weight is 214 g/mol. The summed E-state index contributed by atoms with van der Waals surface area (Å²) in [6.07, 6.45) is 2.64. The topological polar surface area (TPSA) is 0 Å². The molecule has 1 aromatic carbocycles. The van der Waals surface area contributed by atoms with Gasteiger partial charge in [0.05, 0.1) is 10.0 Å². The van der Waals surface area contributed by atoms with E-state index in [1.807, 2.05) is 25.1 Å². The minimum Gasteiger partial charge on any atom is -0.102 e. The van der Waals surface area contributed by atoms with Crippen molar-refractivity contribution in [2.75, 3.05) is 0 Å². The molecule has 0 saturated heterocycles. The zero-order chi connectivity index (χ0) is 9.84. The number of benzene rings is 1. The lowest BCUT2D eigenvalue weighted by Gasteiger charge is -2.07. The summed E-state index contributed by atoms with van der Waals surface area (Å²) in [5, 5.41) is 1.25. The van der Waals surface area contributed by atoms with Gasteiger partial charge in [-0.3, -0.25) is 0 Å². The van der Waals surface area contributed by atoms with Crippen molar-refractivity contribution in [3.05, 3.63) is 52.4 Å². The van der Waals surface area contributed by atoms with Gasteiger partial charge in [0.15, 0.2) is 0 Å². The van der Waals surface area contributed by atoms with Gasteiger partial charge in [-0.1, -0.05) is 48.3 Å². The molecule has 0 unspecified atom stereocenters. The zero-order valence-electron chi connectivity index (χ0n) is 7.48. The van der Waals surface area contributed by atoms with E-state index in [0.29, 0.717) is 10.0 Å². The summed E-state index contributed by atoms with van der Waals surface area (Å²) in [6.45, 7) is 5.71. The lowest BCUT2D eigenvalue weighted by molar-refractivity contribution is 1.03. The molecule has 69 valence electrons. The third kappa shape index (κ3) is 2.75. The van der Waals surface area contributed by atoms with Crippen LogP contribution in [0.4, 0.5) is 0 Å². The molecule has 0 aliphatic rings. The highest BCUT2D eigenvalue weighted by Gasteiger charge is 2.06. The first kappa shape index (κ1) is 10.6. The summed E-state index contributed by atoms with van der Waals surface area (Å²) in [5.41, 5.74) is 1.05. The van der Waals surface area contributed by atoms with Gasteiger partial charge in [-0.25, -0.2) is 0 Å². The first-order valence-corrected chi connectivity index (χ1v) is 4.78. The van der Waals surface area contributed by atoms with Crippen molar-refractivity contribution < 1.29 is 0 Å². The molecule has 0 atom stereocenters. The molecule has 0 fully saturated rings. The zero-order valence-corrected chi connectivity index (χ0v) is 8.99. The third-order valence-corrected chi connectivity index (χ3v) is 2.71. The molecule has 2 heteroatoms. The summed E-state index contributed by atoms with van der Waals surface area (Å²) in [5.74, 6) is 1.18. The van der Waals surface area contributed by atoms with Crippen LogP contribution < -0.4 is 0 Å². The van der Waals surface area contributed by atoms with Crippen molar-refractivity contribution in [2.24, 2.45) is 0 Å². The van der Waals surface area contributed by atoms with Crippen molar-refractivity contribution in [3.63, 3.8) is 0 Å². The summed E-state index contributed by atoms with van der Waals surface area (Å²) < 4.78 is 0. The van der Waals surface area contributed by atoms with E-state index in [4.69, 9.17) is 23.2 Å². The van der Waals surface area contributed by atoms with Crippen molar-refractivity contribution in [1.29, 1.82) is 0 Å². The van der Waals surface area contributed by atoms with E-state index >= 15 is 0 Å². The molecule has 0 aliphatic carbocycles. The molecule has 0 heterocycles. The van der Waals surface area contributed by atoms with Crippen molar-refractivity contribution in [3.8, 4) is 0 Å². The number of hydrogen-bond donors (Lipinski definition) is 0. The van der Waals surface area contributed by atoms with Crippen LogP contribution in [0.15, 0.2) is 30.9 Å². The highest BCUT2D eigenvalue weighted by molar-refractivity contribution is 6.42. The van der Waals surface area contributed by atoms with Crippen LogP contribution >= 0.6 is 23.2 Å². The average Bonchev–Trinajstić information content (AvgIpc) is 2.13. The van der Waals surface area contributed by atoms with E-state index in [9.17, 15) is 0 Å². The second kappa shape index (κ2) is 4.69. The number of allylic oxidation sites excluding steroid dienone is 1. The normalized spacial score (nSPS) is 10.5. The first-order valence-electron chi connectivity index (χ1n) is 4.03. The monoisotopic (exact) mass is 213 g/mol. The second-order valence-electron chi connectivity index (χ2n) is 2.94. The molecule has 0 bridgehead atoms. The summed E-state index contributed by atoms with van der Waals surface area (Å²) in [6, 6.07) is 5.66. The maximum atomic E-state index is 6.01. The fourth-order valence-corrected chi connectivity index (χ4v) is 1.44. The lowest BCUT2D eigenvalue weighted by Crippen LogP contribution is -1.94. The second-order valence-corrected chi connectivity index (χ2v) is 3.73. The van der Waals surface area contributed by atoms with Crippen LogP contribution in [0.1, 0.15) is 12.5 Å². The first-order chi connectivity index (χ1) is 6.15. The Morgan fingerprint density at radius 1 is 1.46 bits per heavy atom. The summed E-state index contributed by atoms with van der Waals surface area (Å²) >= 11 is 11.9. The van der Waals surface area contributed by atoms with Crippen LogP contribution in [0, 0.1) is 5.92 Å². The predicted octanol–water partition coefficient (Wildman–Crippen LogP) is 4.32. The van der Waals surface area contributed by atoms with Crippen LogP contribution in [-0.2, 0) is 6.42 Å². The quantitative estimate of drug-likeness (QED) is 0.702. The van der Waals surface area contributed by atoms with Crippen LogP contribution in [0.5, 0.6) is 0 Å². The number of hydrogen-bond acceptors (Lipinski definition) is 0. The van der Waals surface area contributed by atoms with Gasteiger partial charge in [0.25, 0.3) is 0 Å². The predicted molar refractivity (Wildman–Crippen MR) is 59.3 cm³/mol. The van der Waals surface area contributed by atoms with Crippen LogP contribution in [0.25, 0.3) is 0 Å². The molecule has 0 nitrogen and oxygen atoms in total. The Balaban J connectivity index is 2.88.